The highest BCUT2D eigenvalue weighted by atomic mass is 35.5. The summed E-state index contributed by atoms with van der Waals surface area (Å²) in [5, 5.41) is 4.32. The monoisotopic (exact) mass is 428 g/mol. The maximum Gasteiger partial charge on any atom is 0.328 e. The third-order valence-corrected chi connectivity index (χ3v) is 4.53. The largest absolute Gasteiger partial charge is 0.490 e. The van der Waals surface area contributed by atoms with E-state index in [1.807, 2.05) is 43.5 Å². The predicted molar refractivity (Wildman–Crippen MR) is 113 cm³/mol. The number of barbiturate groups is 1. The molecule has 1 aliphatic heterocycles. The summed E-state index contributed by atoms with van der Waals surface area (Å²) < 4.78 is 11.6. The summed E-state index contributed by atoms with van der Waals surface area (Å²) in [7, 11) is 0. The fourth-order valence-corrected chi connectivity index (χ4v) is 3.43. The fourth-order valence-electron chi connectivity index (χ4n) is 3.16. The van der Waals surface area contributed by atoms with Crippen molar-refractivity contribution in [1.82, 2.24) is 10.6 Å². The topological polar surface area (TPSA) is 93.7 Å². The Morgan fingerprint density at radius 3 is 2.17 bits per heavy atom. The van der Waals surface area contributed by atoms with Gasteiger partial charge in [-0.2, -0.15) is 0 Å². The molecule has 30 heavy (non-hydrogen) atoms. The van der Waals surface area contributed by atoms with Crippen LogP contribution in [0.5, 0.6) is 11.5 Å². The maximum atomic E-state index is 11.9. The molecule has 0 saturated carbocycles. The number of aryl methyl sites for hydroxylation is 2. The van der Waals surface area contributed by atoms with E-state index in [-0.39, 0.29) is 10.6 Å². The van der Waals surface area contributed by atoms with Crippen molar-refractivity contribution < 1.29 is 23.9 Å². The molecule has 3 rings (SSSR count). The number of hydrogen-bond donors (Lipinski definition) is 2. The summed E-state index contributed by atoms with van der Waals surface area (Å²) in [6, 6.07) is 8.46. The van der Waals surface area contributed by atoms with Crippen LogP contribution in [-0.4, -0.2) is 24.5 Å². The molecule has 1 saturated heterocycles. The second-order valence-electron chi connectivity index (χ2n) is 6.84. The van der Waals surface area contributed by atoms with E-state index in [0.29, 0.717) is 30.3 Å². The second-order valence-corrected chi connectivity index (χ2v) is 7.25. The first-order chi connectivity index (χ1) is 14.3. The molecule has 1 aliphatic rings. The van der Waals surface area contributed by atoms with Crippen molar-refractivity contribution >= 4 is 35.5 Å². The number of ether oxygens (including phenoxy) is 2. The number of halogens is 1. The van der Waals surface area contributed by atoms with E-state index in [1.165, 1.54) is 6.08 Å². The highest BCUT2D eigenvalue weighted by molar-refractivity contribution is 6.33. The van der Waals surface area contributed by atoms with Gasteiger partial charge in [-0.25, -0.2) is 4.79 Å². The van der Waals surface area contributed by atoms with Gasteiger partial charge in [0.25, 0.3) is 11.8 Å². The molecule has 0 atom stereocenters. The normalized spacial score (nSPS) is 13.6. The lowest BCUT2D eigenvalue weighted by Crippen LogP contribution is -2.51. The molecule has 156 valence electrons. The van der Waals surface area contributed by atoms with Gasteiger partial charge in [-0.3, -0.25) is 20.2 Å². The summed E-state index contributed by atoms with van der Waals surface area (Å²) in [6.45, 7) is 6.52. The Bertz CT molecular complexity index is 1020. The van der Waals surface area contributed by atoms with Crippen LogP contribution in [0.3, 0.4) is 0 Å². The lowest BCUT2D eigenvalue weighted by atomic mass is 10.1. The van der Waals surface area contributed by atoms with Gasteiger partial charge in [0, 0.05) is 0 Å². The zero-order chi connectivity index (χ0) is 21.8. The van der Waals surface area contributed by atoms with Crippen molar-refractivity contribution in [3.63, 3.8) is 0 Å². The highest BCUT2D eigenvalue weighted by Crippen LogP contribution is 2.38. The van der Waals surface area contributed by atoms with Gasteiger partial charge in [-0.1, -0.05) is 40.9 Å². The minimum absolute atomic E-state index is 0.211. The van der Waals surface area contributed by atoms with Crippen LogP contribution >= 0.6 is 11.6 Å². The van der Waals surface area contributed by atoms with Gasteiger partial charge in [0.1, 0.15) is 12.2 Å². The van der Waals surface area contributed by atoms with Crippen molar-refractivity contribution in [2.24, 2.45) is 0 Å². The SMILES string of the molecule is CCOc1cc(C=C2C(=O)NC(=O)NC2=O)cc(Cl)c1OCc1cc(C)cc(C)c1. The number of nitrogens with one attached hydrogen (secondary N) is 2. The third kappa shape index (κ3) is 4.99. The van der Waals surface area contributed by atoms with Gasteiger partial charge in [0.15, 0.2) is 11.5 Å². The molecule has 2 aromatic carbocycles. The Balaban J connectivity index is 1.90. The lowest BCUT2D eigenvalue weighted by Gasteiger charge is -2.16. The number of hydrogen-bond acceptors (Lipinski definition) is 5. The number of rotatable bonds is 6. The minimum atomic E-state index is -0.856. The van der Waals surface area contributed by atoms with E-state index in [0.717, 1.165) is 16.7 Å². The van der Waals surface area contributed by atoms with Crippen LogP contribution < -0.4 is 20.1 Å². The average molecular weight is 429 g/mol. The quantitative estimate of drug-likeness (QED) is 0.540. The first-order valence-electron chi connectivity index (χ1n) is 9.31. The molecule has 0 unspecified atom stereocenters. The molecule has 7 nitrogen and oxygen atoms in total. The smallest absolute Gasteiger partial charge is 0.328 e. The van der Waals surface area contributed by atoms with Gasteiger partial charge in [0.05, 0.1) is 11.6 Å². The Morgan fingerprint density at radius 1 is 0.933 bits per heavy atom. The molecule has 2 aromatic rings. The van der Waals surface area contributed by atoms with Crippen LogP contribution in [0.2, 0.25) is 5.02 Å². The van der Waals surface area contributed by atoms with E-state index < -0.39 is 17.8 Å². The predicted octanol–water partition coefficient (Wildman–Crippen LogP) is 3.68. The Labute approximate surface area is 179 Å². The van der Waals surface area contributed by atoms with Crippen LogP contribution in [0.15, 0.2) is 35.9 Å². The van der Waals surface area contributed by atoms with Crippen molar-refractivity contribution in [1.29, 1.82) is 0 Å². The summed E-state index contributed by atoms with van der Waals surface area (Å²) in [6.07, 6.45) is 1.33. The number of carbonyl (C=O) groups is 3. The maximum absolute atomic E-state index is 11.9. The Morgan fingerprint density at radius 2 is 1.57 bits per heavy atom. The van der Waals surface area contributed by atoms with Gasteiger partial charge in [0.2, 0.25) is 0 Å². The summed E-state index contributed by atoms with van der Waals surface area (Å²) >= 11 is 6.42. The summed E-state index contributed by atoms with van der Waals surface area (Å²) in [4.78, 5) is 35.1. The molecule has 1 fully saturated rings. The van der Waals surface area contributed by atoms with Gasteiger partial charge in [-0.05, 0) is 50.1 Å². The molecular weight excluding hydrogens is 408 g/mol. The average Bonchev–Trinajstić information content (AvgIpc) is 2.63. The van der Waals surface area contributed by atoms with Crippen LogP contribution in [0.25, 0.3) is 6.08 Å². The molecule has 1 heterocycles. The molecule has 4 amide bonds. The molecule has 8 heteroatoms. The fraction of sp³-hybridized carbons (Fsp3) is 0.227. The Hall–Kier alpha value is -3.32. The number of urea groups is 1. The molecule has 0 spiro atoms. The summed E-state index contributed by atoms with van der Waals surface area (Å²) in [5.74, 6) is -0.817. The van der Waals surface area contributed by atoms with E-state index in [2.05, 4.69) is 6.07 Å². The van der Waals surface area contributed by atoms with Gasteiger partial charge in [-0.15, -0.1) is 0 Å². The van der Waals surface area contributed by atoms with E-state index in [9.17, 15) is 14.4 Å². The molecule has 0 aromatic heterocycles. The van der Waals surface area contributed by atoms with Crippen LogP contribution in [0.1, 0.15) is 29.2 Å². The standard InChI is InChI=1S/C22H21ClN2O5/c1-4-29-18-10-14(8-16-20(26)24-22(28)25-21(16)27)9-17(23)19(18)30-11-15-6-12(2)5-13(3)7-15/h5-10H,4,11H2,1-3H3,(H2,24,25,26,27,28). The Kier molecular flexibility index (Phi) is 6.42. The van der Waals surface area contributed by atoms with E-state index in [1.54, 1.807) is 12.1 Å². The molecular formula is C22H21ClN2O5. The van der Waals surface area contributed by atoms with Crippen molar-refractivity contribution in [2.45, 2.75) is 27.4 Å². The minimum Gasteiger partial charge on any atom is -0.490 e. The van der Waals surface area contributed by atoms with Crippen molar-refractivity contribution in [3.8, 4) is 11.5 Å². The van der Waals surface area contributed by atoms with E-state index >= 15 is 0 Å². The number of imide groups is 2. The first-order valence-corrected chi connectivity index (χ1v) is 9.69. The molecule has 0 aliphatic carbocycles. The van der Waals surface area contributed by atoms with E-state index in [4.69, 9.17) is 21.1 Å². The highest BCUT2D eigenvalue weighted by Gasteiger charge is 2.28. The number of amides is 4. The van der Waals surface area contributed by atoms with Gasteiger partial charge < -0.3 is 9.47 Å². The zero-order valence-corrected chi connectivity index (χ0v) is 17.6. The van der Waals surface area contributed by atoms with Crippen molar-refractivity contribution in [3.05, 3.63) is 63.2 Å². The van der Waals surface area contributed by atoms with Crippen LogP contribution in [0.4, 0.5) is 4.79 Å². The van der Waals surface area contributed by atoms with Crippen LogP contribution in [-0.2, 0) is 16.2 Å². The first kappa shape index (κ1) is 21.4. The third-order valence-electron chi connectivity index (χ3n) is 4.25. The lowest BCUT2D eigenvalue weighted by molar-refractivity contribution is -0.123. The number of benzene rings is 2. The number of carbonyl (C=O) groups excluding carboxylic acids is 3. The molecule has 2 N–H and O–H groups in total. The van der Waals surface area contributed by atoms with Crippen LogP contribution in [0, 0.1) is 13.8 Å². The van der Waals surface area contributed by atoms with Gasteiger partial charge >= 0.3 is 6.03 Å². The molecule has 0 radical (unpaired) electrons. The zero-order valence-electron chi connectivity index (χ0n) is 16.8. The molecule has 0 bridgehead atoms. The second kappa shape index (κ2) is 9.00. The van der Waals surface area contributed by atoms with Crippen molar-refractivity contribution in [2.75, 3.05) is 6.61 Å². The summed E-state index contributed by atoms with van der Waals surface area (Å²) in [5.41, 5.74) is 3.51.